The fourth-order valence-electron chi connectivity index (χ4n) is 1.39. The summed E-state index contributed by atoms with van der Waals surface area (Å²) in [5, 5.41) is 0.581. The third kappa shape index (κ3) is 3.37. The zero-order valence-corrected chi connectivity index (χ0v) is 9.87. The quantitative estimate of drug-likeness (QED) is 0.615. The number of rotatable bonds is 6. The molecule has 0 bridgehead atoms. The van der Waals surface area contributed by atoms with E-state index < -0.39 is 0 Å². The zero-order chi connectivity index (χ0) is 11.4. The molecule has 88 valence electrons. The molecule has 0 amide bonds. The molecule has 0 radical (unpaired) electrons. The van der Waals surface area contributed by atoms with Crippen molar-refractivity contribution >= 4 is 11.6 Å². The molecule has 1 aliphatic carbocycles. The highest BCUT2D eigenvalue weighted by Gasteiger charge is 2.21. The van der Waals surface area contributed by atoms with Gasteiger partial charge in [-0.05, 0) is 36.5 Å². The fraction of sp³-hybridized carbons (Fsp3) is 0.500. The van der Waals surface area contributed by atoms with Crippen LogP contribution in [-0.4, -0.2) is 13.4 Å². The van der Waals surface area contributed by atoms with E-state index in [2.05, 4.69) is 0 Å². The van der Waals surface area contributed by atoms with Crippen molar-refractivity contribution in [1.82, 2.24) is 0 Å². The van der Waals surface area contributed by atoms with E-state index in [0.717, 1.165) is 18.1 Å². The summed E-state index contributed by atoms with van der Waals surface area (Å²) in [6.07, 6.45) is 2.57. The number of halogens is 1. The Hall–Kier alpha value is -0.770. The molecule has 1 aromatic rings. The topological polar surface area (TPSA) is 44.5 Å². The lowest BCUT2D eigenvalue weighted by Gasteiger charge is -2.09. The number of hydrogen-bond donors (Lipinski definition) is 1. The SMILES string of the molecule is NCc1ccc(OCOCC2CC2)c(Cl)c1. The molecule has 4 heteroatoms. The Morgan fingerprint density at radius 3 is 2.81 bits per heavy atom. The normalized spacial score (nSPS) is 15.1. The van der Waals surface area contributed by atoms with Gasteiger partial charge in [0.05, 0.1) is 11.6 Å². The van der Waals surface area contributed by atoms with Crippen LogP contribution in [0.1, 0.15) is 18.4 Å². The molecule has 0 spiro atoms. The smallest absolute Gasteiger partial charge is 0.189 e. The van der Waals surface area contributed by atoms with E-state index in [1.165, 1.54) is 12.8 Å². The summed E-state index contributed by atoms with van der Waals surface area (Å²) >= 11 is 6.03. The van der Waals surface area contributed by atoms with Gasteiger partial charge in [0.1, 0.15) is 5.75 Å². The van der Waals surface area contributed by atoms with E-state index in [0.29, 0.717) is 17.3 Å². The Morgan fingerprint density at radius 1 is 1.38 bits per heavy atom. The highest BCUT2D eigenvalue weighted by Crippen LogP contribution is 2.29. The van der Waals surface area contributed by atoms with E-state index >= 15 is 0 Å². The summed E-state index contributed by atoms with van der Waals surface area (Å²) in [5.74, 6) is 1.40. The standard InChI is InChI=1S/C12H16ClNO2/c13-11-5-10(6-14)3-4-12(11)16-8-15-7-9-1-2-9/h3-5,9H,1-2,6-8,14H2. The van der Waals surface area contributed by atoms with Crippen molar-refractivity contribution in [1.29, 1.82) is 0 Å². The first-order valence-corrected chi connectivity index (χ1v) is 5.86. The molecule has 0 aromatic heterocycles. The van der Waals surface area contributed by atoms with Crippen LogP contribution < -0.4 is 10.5 Å². The van der Waals surface area contributed by atoms with Crippen LogP contribution in [-0.2, 0) is 11.3 Å². The summed E-state index contributed by atoms with van der Waals surface area (Å²) in [4.78, 5) is 0. The monoisotopic (exact) mass is 241 g/mol. The zero-order valence-electron chi connectivity index (χ0n) is 9.12. The van der Waals surface area contributed by atoms with Crippen molar-refractivity contribution in [3.05, 3.63) is 28.8 Å². The van der Waals surface area contributed by atoms with E-state index in [1.54, 1.807) is 0 Å². The first-order valence-electron chi connectivity index (χ1n) is 5.48. The Labute approximate surface area is 100 Å². The van der Waals surface area contributed by atoms with Gasteiger partial charge in [-0.15, -0.1) is 0 Å². The maximum Gasteiger partial charge on any atom is 0.189 e. The van der Waals surface area contributed by atoms with Gasteiger partial charge in [-0.25, -0.2) is 0 Å². The fourth-order valence-corrected chi connectivity index (χ4v) is 1.65. The van der Waals surface area contributed by atoms with Gasteiger partial charge < -0.3 is 15.2 Å². The van der Waals surface area contributed by atoms with Crippen molar-refractivity contribution in [3.63, 3.8) is 0 Å². The van der Waals surface area contributed by atoms with E-state index in [1.807, 2.05) is 18.2 Å². The highest BCUT2D eigenvalue weighted by atomic mass is 35.5. The Bertz CT molecular complexity index is 353. The molecule has 3 nitrogen and oxygen atoms in total. The minimum Gasteiger partial charge on any atom is -0.466 e. The van der Waals surface area contributed by atoms with Crippen molar-refractivity contribution in [2.75, 3.05) is 13.4 Å². The second kappa shape index (κ2) is 5.53. The van der Waals surface area contributed by atoms with Gasteiger partial charge in [0.15, 0.2) is 6.79 Å². The highest BCUT2D eigenvalue weighted by molar-refractivity contribution is 6.32. The molecule has 0 saturated heterocycles. The van der Waals surface area contributed by atoms with Crippen LogP contribution in [0.3, 0.4) is 0 Å². The maximum atomic E-state index is 6.03. The predicted molar refractivity (Wildman–Crippen MR) is 63.5 cm³/mol. The summed E-state index contributed by atoms with van der Waals surface area (Å²) in [6, 6.07) is 5.55. The molecule has 0 heterocycles. The van der Waals surface area contributed by atoms with Crippen LogP contribution in [0.5, 0.6) is 5.75 Å². The Balaban J connectivity index is 1.78. The van der Waals surface area contributed by atoms with Crippen molar-refractivity contribution in [2.24, 2.45) is 11.7 Å². The summed E-state index contributed by atoms with van der Waals surface area (Å²) in [6.45, 7) is 1.54. The Morgan fingerprint density at radius 2 is 2.19 bits per heavy atom. The van der Waals surface area contributed by atoms with Crippen LogP contribution in [0, 0.1) is 5.92 Å². The van der Waals surface area contributed by atoms with Crippen LogP contribution in [0.2, 0.25) is 5.02 Å². The number of benzene rings is 1. The van der Waals surface area contributed by atoms with Crippen LogP contribution in [0.15, 0.2) is 18.2 Å². The molecule has 1 saturated carbocycles. The van der Waals surface area contributed by atoms with Crippen LogP contribution in [0.25, 0.3) is 0 Å². The second-order valence-electron chi connectivity index (χ2n) is 4.05. The average Bonchev–Trinajstić information content (AvgIpc) is 3.10. The lowest BCUT2D eigenvalue weighted by molar-refractivity contribution is 0.0100. The molecule has 0 unspecified atom stereocenters. The summed E-state index contributed by atoms with van der Waals surface area (Å²) in [7, 11) is 0. The molecule has 16 heavy (non-hydrogen) atoms. The number of hydrogen-bond acceptors (Lipinski definition) is 3. The first-order chi connectivity index (χ1) is 7.79. The van der Waals surface area contributed by atoms with Crippen LogP contribution in [0.4, 0.5) is 0 Å². The first kappa shape index (κ1) is 11.7. The van der Waals surface area contributed by atoms with Gasteiger partial charge in [0.25, 0.3) is 0 Å². The van der Waals surface area contributed by atoms with Gasteiger partial charge in [-0.2, -0.15) is 0 Å². The third-order valence-corrected chi connectivity index (χ3v) is 2.88. The molecule has 2 rings (SSSR count). The molecule has 0 aliphatic heterocycles. The lowest BCUT2D eigenvalue weighted by Crippen LogP contribution is -2.05. The average molecular weight is 242 g/mol. The van der Waals surface area contributed by atoms with Crippen molar-refractivity contribution in [2.45, 2.75) is 19.4 Å². The van der Waals surface area contributed by atoms with Gasteiger partial charge in [0.2, 0.25) is 0 Å². The number of nitrogens with two attached hydrogens (primary N) is 1. The molecule has 1 fully saturated rings. The Kier molecular flexibility index (Phi) is 4.04. The predicted octanol–water partition coefficient (Wildman–Crippen LogP) is 2.56. The lowest BCUT2D eigenvalue weighted by atomic mass is 10.2. The second-order valence-corrected chi connectivity index (χ2v) is 4.45. The van der Waals surface area contributed by atoms with E-state index in [-0.39, 0.29) is 6.79 Å². The molecule has 0 atom stereocenters. The minimum absolute atomic E-state index is 0.262. The molecule has 1 aromatic carbocycles. The van der Waals surface area contributed by atoms with Gasteiger partial charge in [0, 0.05) is 6.54 Å². The molecular formula is C12H16ClNO2. The van der Waals surface area contributed by atoms with E-state index in [4.69, 9.17) is 26.8 Å². The molecule has 2 N–H and O–H groups in total. The molecule has 1 aliphatic rings. The summed E-state index contributed by atoms with van der Waals surface area (Å²) < 4.78 is 10.8. The van der Waals surface area contributed by atoms with Gasteiger partial charge >= 0.3 is 0 Å². The van der Waals surface area contributed by atoms with Crippen LogP contribution >= 0.6 is 11.6 Å². The summed E-state index contributed by atoms with van der Waals surface area (Å²) in [5.41, 5.74) is 6.50. The molecular weight excluding hydrogens is 226 g/mol. The van der Waals surface area contributed by atoms with E-state index in [9.17, 15) is 0 Å². The number of ether oxygens (including phenoxy) is 2. The largest absolute Gasteiger partial charge is 0.466 e. The van der Waals surface area contributed by atoms with Crippen molar-refractivity contribution < 1.29 is 9.47 Å². The van der Waals surface area contributed by atoms with Gasteiger partial charge in [-0.1, -0.05) is 17.7 Å². The minimum atomic E-state index is 0.262. The van der Waals surface area contributed by atoms with Gasteiger partial charge in [-0.3, -0.25) is 0 Å². The third-order valence-electron chi connectivity index (χ3n) is 2.58. The maximum absolute atomic E-state index is 6.03. The van der Waals surface area contributed by atoms with Crippen molar-refractivity contribution in [3.8, 4) is 5.75 Å².